The molecule has 108 valence electrons. The minimum atomic E-state index is -0.776. The minimum absolute atomic E-state index is 0.708. The molecule has 0 saturated carbocycles. The molecule has 0 saturated heterocycles. The van der Waals surface area contributed by atoms with E-state index >= 15 is 0 Å². The summed E-state index contributed by atoms with van der Waals surface area (Å²) in [6, 6.07) is 0. The van der Waals surface area contributed by atoms with Crippen LogP contribution in [-0.4, -0.2) is 48.7 Å². The Hall–Kier alpha value is -0.610. The zero-order valence-electron chi connectivity index (χ0n) is 12.5. The van der Waals surface area contributed by atoms with Gasteiger partial charge in [0.15, 0.2) is 0 Å². The van der Waals surface area contributed by atoms with Crippen molar-refractivity contribution >= 4 is 5.97 Å². The second kappa shape index (κ2) is 9.34. The molecule has 0 bridgehead atoms. The number of carbonyl (C=O) groups is 1. The number of carboxylic acids is 1. The Balaban J connectivity index is 3.98. The van der Waals surface area contributed by atoms with Gasteiger partial charge in [-0.1, -0.05) is 39.0 Å². The summed E-state index contributed by atoms with van der Waals surface area (Å²) in [5.74, 6) is -0.739. The van der Waals surface area contributed by atoms with Crippen LogP contribution < -0.4 is 5.32 Å². The Kier molecular flexibility index (Phi) is 9.02. The number of carboxylic acid groups (broad SMARTS) is 1. The molecule has 0 aromatic heterocycles. The Labute approximate surface area is 112 Å². The quantitative estimate of drug-likeness (QED) is 0.559. The number of nitrogens with one attached hydrogen (secondary N) is 1. The topological polar surface area (TPSA) is 52.6 Å². The molecule has 0 spiro atoms. The molecule has 0 amide bonds. The first-order valence-corrected chi connectivity index (χ1v) is 7.05. The van der Waals surface area contributed by atoms with Crippen LogP contribution in [0.3, 0.4) is 0 Å². The largest absolute Gasteiger partial charge is 0.480 e. The van der Waals surface area contributed by atoms with Crippen molar-refractivity contribution in [2.24, 2.45) is 0 Å². The molecule has 1 atom stereocenters. The maximum atomic E-state index is 11.3. The van der Waals surface area contributed by atoms with E-state index in [2.05, 4.69) is 17.1 Å². The van der Waals surface area contributed by atoms with E-state index in [1.54, 1.807) is 6.92 Å². The van der Waals surface area contributed by atoms with Gasteiger partial charge in [-0.15, -0.1) is 0 Å². The van der Waals surface area contributed by atoms with E-state index < -0.39 is 11.5 Å². The highest BCUT2D eigenvalue weighted by atomic mass is 16.4. The molecule has 0 aliphatic heterocycles. The van der Waals surface area contributed by atoms with Crippen molar-refractivity contribution in [3.05, 3.63) is 0 Å². The number of rotatable bonds is 11. The predicted octanol–water partition coefficient (Wildman–Crippen LogP) is 2.34. The van der Waals surface area contributed by atoms with Crippen LogP contribution in [0.15, 0.2) is 0 Å². The van der Waals surface area contributed by atoms with E-state index in [0.29, 0.717) is 13.0 Å². The van der Waals surface area contributed by atoms with Crippen molar-refractivity contribution in [2.45, 2.75) is 57.9 Å². The lowest BCUT2D eigenvalue weighted by Crippen LogP contribution is -2.51. The van der Waals surface area contributed by atoms with Crippen LogP contribution in [0.25, 0.3) is 0 Å². The predicted molar refractivity (Wildman–Crippen MR) is 76.0 cm³/mol. The smallest absolute Gasteiger partial charge is 0.323 e. The molecule has 0 rings (SSSR count). The van der Waals surface area contributed by atoms with Gasteiger partial charge in [-0.25, -0.2) is 0 Å². The third-order valence-electron chi connectivity index (χ3n) is 3.33. The van der Waals surface area contributed by atoms with Crippen LogP contribution in [0, 0.1) is 0 Å². The van der Waals surface area contributed by atoms with Crippen molar-refractivity contribution in [1.82, 2.24) is 10.2 Å². The lowest BCUT2D eigenvalue weighted by atomic mass is 9.94. The van der Waals surface area contributed by atoms with Crippen molar-refractivity contribution in [3.8, 4) is 0 Å². The van der Waals surface area contributed by atoms with E-state index in [9.17, 15) is 9.90 Å². The summed E-state index contributed by atoms with van der Waals surface area (Å²) in [5.41, 5.74) is -0.776. The maximum absolute atomic E-state index is 11.3. The summed E-state index contributed by atoms with van der Waals surface area (Å²) < 4.78 is 0. The molecule has 0 radical (unpaired) electrons. The molecule has 0 aliphatic carbocycles. The third kappa shape index (κ3) is 7.67. The fraction of sp³-hybridized carbons (Fsp3) is 0.929. The van der Waals surface area contributed by atoms with Crippen LogP contribution in [0.1, 0.15) is 52.4 Å². The maximum Gasteiger partial charge on any atom is 0.323 e. The van der Waals surface area contributed by atoms with Gasteiger partial charge in [0.2, 0.25) is 0 Å². The first kappa shape index (κ1) is 17.4. The van der Waals surface area contributed by atoms with Crippen LogP contribution in [0.4, 0.5) is 0 Å². The Morgan fingerprint density at radius 2 is 1.83 bits per heavy atom. The molecular weight excluding hydrogens is 228 g/mol. The standard InChI is InChI=1S/C14H30N2O2/c1-5-6-7-8-9-10-14(2,13(17)18)15-11-12-16(3)4/h15H,5-12H2,1-4H3,(H,17,18). The zero-order chi connectivity index (χ0) is 14.0. The molecule has 18 heavy (non-hydrogen) atoms. The first-order chi connectivity index (χ1) is 8.42. The Bertz CT molecular complexity index is 232. The molecule has 0 aliphatic rings. The van der Waals surface area contributed by atoms with Gasteiger partial charge in [0.25, 0.3) is 0 Å². The number of aliphatic carboxylic acids is 1. The summed E-state index contributed by atoms with van der Waals surface area (Å²) >= 11 is 0. The monoisotopic (exact) mass is 258 g/mol. The SMILES string of the molecule is CCCCCCCC(C)(NCCN(C)C)C(=O)O. The fourth-order valence-electron chi connectivity index (χ4n) is 1.91. The minimum Gasteiger partial charge on any atom is -0.480 e. The molecule has 4 heteroatoms. The molecular formula is C14H30N2O2. The zero-order valence-corrected chi connectivity index (χ0v) is 12.5. The van der Waals surface area contributed by atoms with Crippen LogP contribution in [-0.2, 0) is 4.79 Å². The average Bonchev–Trinajstić information content (AvgIpc) is 2.28. The number of likely N-dealkylation sites (N-methyl/N-ethyl adjacent to an activating group) is 1. The highest BCUT2D eigenvalue weighted by Gasteiger charge is 2.31. The van der Waals surface area contributed by atoms with Gasteiger partial charge in [-0.2, -0.15) is 0 Å². The third-order valence-corrected chi connectivity index (χ3v) is 3.33. The van der Waals surface area contributed by atoms with Crippen molar-refractivity contribution in [3.63, 3.8) is 0 Å². The lowest BCUT2D eigenvalue weighted by molar-refractivity contribution is -0.144. The second-order valence-corrected chi connectivity index (χ2v) is 5.53. The summed E-state index contributed by atoms with van der Waals surface area (Å²) in [6.45, 7) is 5.55. The number of hydrogen-bond acceptors (Lipinski definition) is 3. The van der Waals surface area contributed by atoms with Crippen LogP contribution >= 0.6 is 0 Å². The van der Waals surface area contributed by atoms with E-state index in [0.717, 1.165) is 19.4 Å². The van der Waals surface area contributed by atoms with Crippen molar-refractivity contribution in [2.75, 3.05) is 27.2 Å². The number of nitrogens with zero attached hydrogens (tertiary/aromatic N) is 1. The normalized spacial score (nSPS) is 14.7. The van der Waals surface area contributed by atoms with Crippen molar-refractivity contribution < 1.29 is 9.90 Å². The van der Waals surface area contributed by atoms with Gasteiger partial charge in [-0.05, 0) is 27.4 Å². The highest BCUT2D eigenvalue weighted by Crippen LogP contribution is 2.16. The van der Waals surface area contributed by atoms with Gasteiger partial charge in [0, 0.05) is 13.1 Å². The average molecular weight is 258 g/mol. The van der Waals surface area contributed by atoms with Crippen molar-refractivity contribution in [1.29, 1.82) is 0 Å². The summed E-state index contributed by atoms with van der Waals surface area (Å²) in [4.78, 5) is 13.4. The van der Waals surface area contributed by atoms with E-state index in [1.807, 2.05) is 14.1 Å². The van der Waals surface area contributed by atoms with Gasteiger partial charge < -0.3 is 15.3 Å². The van der Waals surface area contributed by atoms with Gasteiger partial charge in [0.05, 0.1) is 0 Å². The second-order valence-electron chi connectivity index (χ2n) is 5.53. The van der Waals surface area contributed by atoms with E-state index in [-0.39, 0.29) is 0 Å². The highest BCUT2D eigenvalue weighted by molar-refractivity contribution is 5.78. The summed E-state index contributed by atoms with van der Waals surface area (Å²) in [5, 5.41) is 12.5. The van der Waals surface area contributed by atoms with Gasteiger partial charge >= 0.3 is 5.97 Å². The molecule has 0 aromatic rings. The van der Waals surface area contributed by atoms with Crippen LogP contribution in [0.2, 0.25) is 0 Å². The number of unbranched alkanes of at least 4 members (excludes halogenated alkanes) is 4. The Morgan fingerprint density at radius 1 is 1.22 bits per heavy atom. The van der Waals surface area contributed by atoms with Gasteiger partial charge in [-0.3, -0.25) is 4.79 Å². The summed E-state index contributed by atoms with van der Waals surface area (Å²) in [7, 11) is 3.98. The molecule has 0 fully saturated rings. The first-order valence-electron chi connectivity index (χ1n) is 7.05. The lowest BCUT2D eigenvalue weighted by Gasteiger charge is -2.27. The summed E-state index contributed by atoms with van der Waals surface area (Å²) in [6.07, 6.45) is 6.50. The molecule has 0 heterocycles. The van der Waals surface area contributed by atoms with E-state index in [1.165, 1.54) is 19.3 Å². The molecule has 4 nitrogen and oxygen atoms in total. The fourth-order valence-corrected chi connectivity index (χ4v) is 1.91. The van der Waals surface area contributed by atoms with E-state index in [4.69, 9.17) is 0 Å². The van der Waals surface area contributed by atoms with Crippen LogP contribution in [0.5, 0.6) is 0 Å². The number of hydrogen-bond donors (Lipinski definition) is 2. The molecule has 0 aromatic carbocycles. The Morgan fingerprint density at radius 3 is 2.33 bits per heavy atom. The molecule has 2 N–H and O–H groups in total. The molecule has 1 unspecified atom stereocenters. The van der Waals surface area contributed by atoms with Gasteiger partial charge in [0.1, 0.15) is 5.54 Å².